The van der Waals surface area contributed by atoms with Crippen LogP contribution in [-0.2, 0) is 4.57 Å². The van der Waals surface area contributed by atoms with Crippen LogP contribution < -0.4 is 15.5 Å². The summed E-state index contributed by atoms with van der Waals surface area (Å²) >= 11 is 3.46. The summed E-state index contributed by atoms with van der Waals surface area (Å²) in [5.41, 5.74) is 3.20. The lowest BCUT2D eigenvalue weighted by atomic mass is 10.1. The molecule has 0 aliphatic carbocycles. The molecule has 0 aromatic heterocycles. The molecule has 0 fully saturated rings. The number of phenolic OH excluding ortho intramolecular Hbond substituents is 1. The van der Waals surface area contributed by atoms with Gasteiger partial charge in [0, 0.05) is 31.1 Å². The second-order valence-corrected chi connectivity index (χ2v) is 10.1. The summed E-state index contributed by atoms with van der Waals surface area (Å²) in [7, 11) is -0.757. The van der Waals surface area contributed by atoms with Gasteiger partial charge in [-0.3, -0.25) is 9.98 Å². The van der Waals surface area contributed by atoms with Gasteiger partial charge in [0.15, 0.2) is 5.30 Å². The molecular formula is C31H39BrN3O3P. The molecule has 0 saturated heterocycles. The molecule has 1 unspecified atom stereocenters. The third-order valence-electron chi connectivity index (χ3n) is 5.29. The summed E-state index contributed by atoms with van der Waals surface area (Å²) in [4.78, 5) is 19.3. The normalized spacial score (nSPS) is 12.7. The van der Waals surface area contributed by atoms with Gasteiger partial charge in [0.25, 0.3) is 0 Å². The van der Waals surface area contributed by atoms with E-state index in [1.54, 1.807) is 37.5 Å². The first kappa shape index (κ1) is 33.9. The molecule has 208 valence electrons. The van der Waals surface area contributed by atoms with Crippen molar-refractivity contribution in [3.05, 3.63) is 94.2 Å². The van der Waals surface area contributed by atoms with Crippen molar-refractivity contribution < 1.29 is 14.6 Å². The number of benzene rings is 3. The maximum atomic E-state index is 10.7. The molecule has 0 bridgehead atoms. The number of phenols is 1. The van der Waals surface area contributed by atoms with Crippen LogP contribution in [0.25, 0.3) is 10.8 Å². The zero-order chi connectivity index (χ0) is 29.2. The summed E-state index contributed by atoms with van der Waals surface area (Å²) in [5, 5.41) is 15.9. The zero-order valence-electron chi connectivity index (χ0n) is 23.6. The second kappa shape index (κ2) is 19.0. The first-order chi connectivity index (χ1) is 18.8. The number of halogens is 1. The Morgan fingerprint density at radius 2 is 1.69 bits per heavy atom. The van der Waals surface area contributed by atoms with E-state index in [-0.39, 0.29) is 5.75 Å². The largest absolute Gasteiger partial charge is 0.591 e. The van der Waals surface area contributed by atoms with Gasteiger partial charge in [0.2, 0.25) is 0 Å². The van der Waals surface area contributed by atoms with Crippen molar-refractivity contribution >= 4 is 52.0 Å². The summed E-state index contributed by atoms with van der Waals surface area (Å²) < 4.78 is 11.5. The van der Waals surface area contributed by atoms with Crippen LogP contribution in [-0.4, -0.2) is 30.6 Å². The average Bonchev–Trinajstić information content (AvgIpc) is 2.94. The maximum absolute atomic E-state index is 10.7. The molecule has 0 aliphatic rings. The van der Waals surface area contributed by atoms with Gasteiger partial charge < -0.3 is 15.3 Å². The number of rotatable bonds is 9. The predicted molar refractivity (Wildman–Crippen MR) is 170 cm³/mol. The fourth-order valence-corrected chi connectivity index (χ4v) is 4.04. The van der Waals surface area contributed by atoms with E-state index in [1.807, 2.05) is 76.2 Å². The highest BCUT2D eigenvalue weighted by Gasteiger charge is 2.08. The number of aliphatic imine (C=N–C) groups is 2. The monoisotopic (exact) mass is 611 g/mol. The molecule has 0 spiro atoms. The molecule has 2 N–H and O–H groups in total. The third kappa shape index (κ3) is 12.1. The molecule has 1 atom stereocenters. The molecule has 8 heteroatoms. The molecule has 0 amide bonds. The van der Waals surface area contributed by atoms with Crippen LogP contribution in [0.5, 0.6) is 5.75 Å². The van der Waals surface area contributed by atoms with Crippen molar-refractivity contribution in [3.63, 3.8) is 0 Å². The van der Waals surface area contributed by atoms with Gasteiger partial charge in [-0.15, -0.1) is 0 Å². The summed E-state index contributed by atoms with van der Waals surface area (Å²) in [6.07, 6.45) is 5.92. The van der Waals surface area contributed by atoms with Crippen molar-refractivity contribution in [1.82, 2.24) is 5.32 Å². The van der Waals surface area contributed by atoms with E-state index in [2.05, 4.69) is 38.2 Å². The highest BCUT2D eigenvalue weighted by atomic mass is 79.9. The van der Waals surface area contributed by atoms with Crippen LogP contribution in [0.4, 0.5) is 0 Å². The van der Waals surface area contributed by atoms with Gasteiger partial charge in [-0.1, -0.05) is 68.2 Å². The van der Waals surface area contributed by atoms with Gasteiger partial charge in [-0.05, 0) is 83.4 Å². The molecule has 6 nitrogen and oxygen atoms in total. The fraction of sp³-hybridized carbons (Fsp3) is 0.290. The first-order valence-corrected chi connectivity index (χ1v) is 14.9. The Morgan fingerprint density at radius 3 is 2.31 bits per heavy atom. The van der Waals surface area contributed by atoms with Crippen LogP contribution in [0.3, 0.4) is 0 Å². The van der Waals surface area contributed by atoms with Crippen molar-refractivity contribution in [2.45, 2.75) is 47.5 Å². The second-order valence-electron chi connectivity index (χ2n) is 8.23. The number of allylic oxidation sites excluding steroid dienone is 4. The van der Waals surface area contributed by atoms with Crippen molar-refractivity contribution in [3.8, 4) is 5.75 Å². The minimum absolute atomic E-state index is 0.210. The lowest BCUT2D eigenvalue weighted by Crippen LogP contribution is -2.14. The molecule has 0 heterocycles. The van der Waals surface area contributed by atoms with Gasteiger partial charge in [0.1, 0.15) is 5.75 Å². The Morgan fingerprint density at radius 1 is 1.05 bits per heavy atom. The number of nitrogens with one attached hydrogen (secondary N) is 1. The number of nitrogens with zero attached hydrogens (tertiary/aromatic N) is 2. The molecule has 3 aromatic carbocycles. The average molecular weight is 613 g/mol. The van der Waals surface area contributed by atoms with Crippen LogP contribution in [0.2, 0.25) is 0 Å². The number of aromatic hydroxyl groups is 1. The topological polar surface area (TPSA) is 97.1 Å². The third-order valence-corrected chi connectivity index (χ3v) is 6.77. The van der Waals surface area contributed by atoms with Gasteiger partial charge in [0.05, 0.1) is 15.9 Å². The lowest BCUT2D eigenvalue weighted by molar-refractivity contribution is -0.160. The number of hydrogen-bond donors (Lipinski definition) is 2. The molecule has 0 saturated carbocycles. The van der Waals surface area contributed by atoms with Crippen molar-refractivity contribution in [2.75, 3.05) is 13.6 Å². The molecule has 0 radical (unpaired) electrons. The number of hydrogen-bond acceptors (Lipinski definition) is 6. The van der Waals surface area contributed by atoms with E-state index >= 15 is 0 Å². The maximum Gasteiger partial charge on any atom is 0.348 e. The highest BCUT2D eigenvalue weighted by Crippen LogP contribution is 2.21. The van der Waals surface area contributed by atoms with E-state index in [0.717, 1.165) is 46.0 Å². The number of para-hydroxylation sites is 1. The molecule has 39 heavy (non-hydrogen) atoms. The molecule has 0 aliphatic heterocycles. The van der Waals surface area contributed by atoms with Crippen molar-refractivity contribution in [1.29, 1.82) is 0 Å². The van der Waals surface area contributed by atoms with Crippen LogP contribution in [0.15, 0.2) is 98.7 Å². The van der Waals surface area contributed by atoms with E-state index in [4.69, 9.17) is 0 Å². The van der Waals surface area contributed by atoms with E-state index in [1.165, 1.54) is 0 Å². The molecule has 3 aromatic rings. The molecule has 3 rings (SSSR count). The Bertz CT molecular complexity index is 1330. The minimum Gasteiger partial charge on any atom is -0.591 e. The fourth-order valence-electron chi connectivity index (χ4n) is 3.31. The zero-order valence-corrected chi connectivity index (χ0v) is 26.1. The first-order valence-electron chi connectivity index (χ1n) is 13.0. The van der Waals surface area contributed by atoms with Gasteiger partial charge in [-0.25, -0.2) is 0 Å². The summed E-state index contributed by atoms with van der Waals surface area (Å²) in [6.45, 7) is 11.0. The van der Waals surface area contributed by atoms with E-state index < -0.39 is 8.03 Å². The van der Waals surface area contributed by atoms with E-state index in [9.17, 15) is 14.6 Å². The van der Waals surface area contributed by atoms with Crippen LogP contribution in [0.1, 0.15) is 53.0 Å². The lowest BCUT2D eigenvalue weighted by Gasteiger charge is -2.09. The van der Waals surface area contributed by atoms with Crippen LogP contribution >= 0.6 is 24.0 Å². The highest BCUT2D eigenvalue weighted by molar-refractivity contribution is 9.12. The standard InChI is InChI=1S/C19H26BrN3O.C10H7O2P.C2H6/c1-5-6-11-22-14(2)12-18(16-9-7-8-10-19(16)24)23-15(3)17(20)13-21-4;11-13(12)10-6-5-8-3-1-2-4-9(8)7-10;1-2/h7-10,12-13,22,24H,5-6,11H2,1-4H3;1-7H;1-2H3/b14-12+,17-15-,21-13?,23-18-;;. The Hall–Kier alpha value is -3.12. The number of unbranched alkanes of at least 4 members (excludes halogenated alkanes) is 1. The molecular weight excluding hydrogens is 573 g/mol. The summed E-state index contributed by atoms with van der Waals surface area (Å²) in [5.74, 6) is 0.210. The Balaban J connectivity index is 0.000000422. The van der Waals surface area contributed by atoms with Gasteiger partial charge in [-0.2, -0.15) is 0 Å². The Labute approximate surface area is 242 Å². The predicted octanol–water partition coefficient (Wildman–Crippen LogP) is 7.40. The van der Waals surface area contributed by atoms with Crippen molar-refractivity contribution in [2.24, 2.45) is 9.98 Å². The smallest absolute Gasteiger partial charge is 0.348 e. The van der Waals surface area contributed by atoms with Gasteiger partial charge >= 0.3 is 8.03 Å². The van der Waals surface area contributed by atoms with Crippen LogP contribution in [0, 0.1) is 0 Å². The number of fused-ring (bicyclic) bond motifs is 1. The SMILES string of the molecule is CC.CCCCN/C(C)=C/C(=N/C(C)=C(\Br)C=NC)c1ccccc1O.O=[P+]([O-])c1ccc2ccccc2c1. The quantitative estimate of drug-likeness (QED) is 0.150. The van der Waals surface area contributed by atoms with E-state index in [0.29, 0.717) is 16.6 Å². The minimum atomic E-state index is -2.47. The Kier molecular flexibility index (Phi) is 16.5. The summed E-state index contributed by atoms with van der Waals surface area (Å²) in [6, 6.07) is 20.0.